The van der Waals surface area contributed by atoms with E-state index in [4.69, 9.17) is 0 Å². The summed E-state index contributed by atoms with van der Waals surface area (Å²) in [5.41, 5.74) is 2.06. The van der Waals surface area contributed by atoms with Gasteiger partial charge in [-0.3, -0.25) is 24.9 Å². The molecule has 0 saturated carbocycles. The number of anilines is 1. The highest BCUT2D eigenvalue weighted by Crippen LogP contribution is 2.14. The molecule has 10 nitrogen and oxygen atoms in total. The highest BCUT2D eigenvalue weighted by Gasteiger charge is 2.20. The molecule has 1 unspecified atom stereocenters. The van der Waals surface area contributed by atoms with E-state index in [-0.39, 0.29) is 11.6 Å². The second-order valence-electron chi connectivity index (χ2n) is 5.85. The average Bonchev–Trinajstić information content (AvgIpc) is 3.26. The van der Waals surface area contributed by atoms with Gasteiger partial charge in [-0.2, -0.15) is 5.10 Å². The van der Waals surface area contributed by atoms with Crippen LogP contribution in [0.4, 0.5) is 11.6 Å². The third kappa shape index (κ3) is 3.91. The van der Waals surface area contributed by atoms with E-state index < -0.39 is 16.9 Å². The SMILES string of the molecule is Cc1ccc(Cn2cnc(NC(=O)C(C)n3cc([N+](=O)[O-])cn3)n2)cc1. The number of nitrogens with zero attached hydrogens (tertiary/aromatic N) is 6. The summed E-state index contributed by atoms with van der Waals surface area (Å²) < 4.78 is 2.83. The topological polar surface area (TPSA) is 121 Å². The van der Waals surface area contributed by atoms with E-state index in [0.29, 0.717) is 6.54 Å². The quantitative estimate of drug-likeness (QED) is 0.533. The Balaban J connectivity index is 1.63. The number of hydrogen-bond donors (Lipinski definition) is 1. The Morgan fingerprint density at radius 3 is 2.73 bits per heavy atom. The van der Waals surface area contributed by atoms with Gasteiger partial charge in [0.05, 0.1) is 11.5 Å². The number of carbonyl (C=O) groups excluding carboxylic acids is 1. The van der Waals surface area contributed by atoms with Crippen molar-refractivity contribution >= 4 is 17.5 Å². The van der Waals surface area contributed by atoms with Crippen LogP contribution in [-0.4, -0.2) is 35.4 Å². The molecule has 26 heavy (non-hydrogen) atoms. The number of aromatic nitrogens is 5. The minimum absolute atomic E-state index is 0.163. The third-order valence-electron chi connectivity index (χ3n) is 3.81. The van der Waals surface area contributed by atoms with Crippen LogP contribution in [0.2, 0.25) is 0 Å². The van der Waals surface area contributed by atoms with E-state index in [1.54, 1.807) is 11.6 Å². The Bertz CT molecular complexity index is 929. The molecule has 2 aromatic heterocycles. The number of rotatable bonds is 6. The largest absolute Gasteiger partial charge is 0.307 e. The van der Waals surface area contributed by atoms with Crippen LogP contribution in [0.15, 0.2) is 43.0 Å². The van der Waals surface area contributed by atoms with E-state index in [1.165, 1.54) is 22.8 Å². The summed E-state index contributed by atoms with van der Waals surface area (Å²) in [5.74, 6) is -0.258. The molecule has 2 heterocycles. The molecule has 0 aliphatic rings. The van der Waals surface area contributed by atoms with Crippen molar-refractivity contribution in [1.29, 1.82) is 0 Å². The fraction of sp³-hybridized carbons (Fsp3) is 0.250. The van der Waals surface area contributed by atoms with Gasteiger partial charge in [-0.15, -0.1) is 5.10 Å². The number of nitrogens with one attached hydrogen (secondary N) is 1. The molecule has 0 fully saturated rings. The first-order valence-corrected chi connectivity index (χ1v) is 7.87. The lowest BCUT2D eigenvalue weighted by Gasteiger charge is -2.10. The fourth-order valence-corrected chi connectivity index (χ4v) is 2.28. The van der Waals surface area contributed by atoms with Gasteiger partial charge >= 0.3 is 5.69 Å². The van der Waals surface area contributed by atoms with Crippen LogP contribution in [-0.2, 0) is 11.3 Å². The van der Waals surface area contributed by atoms with Gasteiger partial charge in [-0.25, -0.2) is 9.67 Å². The molecule has 0 radical (unpaired) electrons. The summed E-state index contributed by atoms with van der Waals surface area (Å²) in [4.78, 5) is 26.5. The van der Waals surface area contributed by atoms with E-state index in [9.17, 15) is 14.9 Å². The summed E-state index contributed by atoms with van der Waals surface area (Å²) in [6.07, 6.45) is 3.82. The highest BCUT2D eigenvalue weighted by molar-refractivity contribution is 5.91. The maximum Gasteiger partial charge on any atom is 0.307 e. The van der Waals surface area contributed by atoms with Crippen molar-refractivity contribution in [1.82, 2.24) is 24.5 Å². The van der Waals surface area contributed by atoms with Crippen molar-refractivity contribution in [3.05, 3.63) is 64.2 Å². The lowest BCUT2D eigenvalue weighted by Crippen LogP contribution is -2.24. The van der Waals surface area contributed by atoms with Crippen LogP contribution >= 0.6 is 0 Å². The molecule has 3 aromatic rings. The first kappa shape index (κ1) is 17.3. The second-order valence-corrected chi connectivity index (χ2v) is 5.85. The Labute approximate surface area is 148 Å². The predicted molar refractivity (Wildman–Crippen MR) is 92.5 cm³/mol. The van der Waals surface area contributed by atoms with Gasteiger partial charge in [0.15, 0.2) is 0 Å². The highest BCUT2D eigenvalue weighted by atomic mass is 16.6. The number of benzene rings is 1. The molecule has 0 aliphatic heterocycles. The zero-order valence-electron chi connectivity index (χ0n) is 14.2. The molecular weight excluding hydrogens is 338 g/mol. The fourth-order valence-electron chi connectivity index (χ4n) is 2.28. The molecule has 0 spiro atoms. The van der Waals surface area contributed by atoms with Crippen LogP contribution in [0.25, 0.3) is 0 Å². The van der Waals surface area contributed by atoms with Crippen molar-refractivity contribution in [2.45, 2.75) is 26.4 Å². The van der Waals surface area contributed by atoms with Gasteiger partial charge < -0.3 is 0 Å². The minimum Gasteiger partial charge on any atom is -0.291 e. The number of hydrogen-bond acceptors (Lipinski definition) is 6. The normalized spacial score (nSPS) is 11.9. The molecule has 10 heteroatoms. The Morgan fingerprint density at radius 1 is 1.35 bits per heavy atom. The Hall–Kier alpha value is -3.56. The molecule has 3 rings (SSSR count). The first-order chi connectivity index (χ1) is 12.4. The molecule has 1 aromatic carbocycles. The minimum atomic E-state index is -0.743. The van der Waals surface area contributed by atoms with E-state index in [0.717, 1.165) is 11.8 Å². The Morgan fingerprint density at radius 2 is 2.08 bits per heavy atom. The molecule has 1 amide bonds. The predicted octanol–water partition coefficient (Wildman–Crippen LogP) is 1.94. The summed E-state index contributed by atoms with van der Waals surface area (Å²) in [7, 11) is 0. The van der Waals surface area contributed by atoms with Crippen LogP contribution in [0.5, 0.6) is 0 Å². The molecule has 0 aliphatic carbocycles. The zero-order valence-corrected chi connectivity index (χ0v) is 14.2. The van der Waals surface area contributed by atoms with E-state index in [2.05, 4.69) is 20.5 Å². The van der Waals surface area contributed by atoms with Gasteiger partial charge in [0.2, 0.25) is 5.95 Å². The van der Waals surface area contributed by atoms with Gasteiger partial charge in [0, 0.05) is 0 Å². The molecule has 1 N–H and O–H groups in total. The van der Waals surface area contributed by atoms with Crippen LogP contribution in [0.3, 0.4) is 0 Å². The maximum absolute atomic E-state index is 12.3. The standard InChI is InChI=1S/C16H17N7O3/c1-11-3-5-13(6-4-11)8-21-10-17-16(20-21)19-15(24)12(2)22-9-14(7-18-22)23(25)26/h3-7,9-10,12H,8H2,1-2H3,(H,19,20,24). The van der Waals surface area contributed by atoms with Crippen molar-refractivity contribution in [3.8, 4) is 0 Å². The van der Waals surface area contributed by atoms with Crippen molar-refractivity contribution in [2.75, 3.05) is 5.32 Å². The average molecular weight is 355 g/mol. The third-order valence-corrected chi connectivity index (χ3v) is 3.81. The molecule has 134 valence electrons. The smallest absolute Gasteiger partial charge is 0.291 e. The summed E-state index contributed by atoms with van der Waals surface area (Å²) in [6, 6.07) is 7.29. The van der Waals surface area contributed by atoms with Crippen LogP contribution in [0, 0.1) is 17.0 Å². The van der Waals surface area contributed by atoms with Crippen LogP contribution in [0.1, 0.15) is 24.1 Å². The number of aryl methyl sites for hydroxylation is 1. The lowest BCUT2D eigenvalue weighted by atomic mass is 10.1. The zero-order chi connectivity index (χ0) is 18.7. The molecule has 0 saturated heterocycles. The lowest BCUT2D eigenvalue weighted by molar-refractivity contribution is -0.385. The van der Waals surface area contributed by atoms with Crippen LogP contribution < -0.4 is 5.32 Å². The maximum atomic E-state index is 12.3. The molecular formula is C16H17N7O3. The summed E-state index contributed by atoms with van der Waals surface area (Å²) >= 11 is 0. The van der Waals surface area contributed by atoms with Crippen molar-refractivity contribution < 1.29 is 9.72 Å². The van der Waals surface area contributed by atoms with Gasteiger partial charge in [-0.05, 0) is 19.4 Å². The van der Waals surface area contributed by atoms with Gasteiger partial charge in [-0.1, -0.05) is 29.8 Å². The van der Waals surface area contributed by atoms with Crippen molar-refractivity contribution in [2.24, 2.45) is 0 Å². The number of nitro groups is 1. The van der Waals surface area contributed by atoms with Gasteiger partial charge in [0.25, 0.3) is 5.91 Å². The molecule has 1 atom stereocenters. The summed E-state index contributed by atoms with van der Waals surface area (Å²) in [5, 5.41) is 21.3. The summed E-state index contributed by atoms with van der Waals surface area (Å²) in [6.45, 7) is 4.13. The van der Waals surface area contributed by atoms with Crippen molar-refractivity contribution in [3.63, 3.8) is 0 Å². The monoisotopic (exact) mass is 355 g/mol. The molecule has 0 bridgehead atoms. The number of carbonyl (C=O) groups is 1. The Kier molecular flexibility index (Phi) is 4.74. The van der Waals surface area contributed by atoms with E-state index >= 15 is 0 Å². The first-order valence-electron chi connectivity index (χ1n) is 7.87. The van der Waals surface area contributed by atoms with E-state index in [1.807, 2.05) is 31.2 Å². The van der Waals surface area contributed by atoms with Gasteiger partial charge in [0.1, 0.15) is 24.8 Å². The second kappa shape index (κ2) is 7.13. The number of amides is 1.